The SMILES string of the molecule is COc1ccc2c(c1)C(=O)CC1(CCN(C)CC1)O2. The molecule has 1 spiro atoms. The highest BCUT2D eigenvalue weighted by atomic mass is 16.5. The van der Waals surface area contributed by atoms with Crippen LogP contribution in [0.1, 0.15) is 29.6 Å². The summed E-state index contributed by atoms with van der Waals surface area (Å²) < 4.78 is 11.3. The Balaban J connectivity index is 1.90. The summed E-state index contributed by atoms with van der Waals surface area (Å²) in [5.41, 5.74) is 0.370. The van der Waals surface area contributed by atoms with Gasteiger partial charge in [0, 0.05) is 25.9 Å². The molecule has 1 aromatic rings. The number of ether oxygens (including phenoxy) is 2. The van der Waals surface area contributed by atoms with E-state index in [1.807, 2.05) is 12.1 Å². The maximum Gasteiger partial charge on any atom is 0.170 e. The van der Waals surface area contributed by atoms with Gasteiger partial charge in [-0.05, 0) is 25.2 Å². The molecule has 0 N–H and O–H groups in total. The Morgan fingerprint density at radius 3 is 2.74 bits per heavy atom. The molecule has 0 saturated carbocycles. The number of likely N-dealkylation sites (tertiary alicyclic amines) is 1. The van der Waals surface area contributed by atoms with Crippen LogP contribution in [0.4, 0.5) is 0 Å². The van der Waals surface area contributed by atoms with Crippen molar-refractivity contribution in [3.63, 3.8) is 0 Å². The molecule has 19 heavy (non-hydrogen) atoms. The van der Waals surface area contributed by atoms with E-state index >= 15 is 0 Å². The molecule has 102 valence electrons. The monoisotopic (exact) mass is 261 g/mol. The van der Waals surface area contributed by atoms with Crippen molar-refractivity contribution in [2.75, 3.05) is 27.2 Å². The van der Waals surface area contributed by atoms with E-state index in [2.05, 4.69) is 11.9 Å². The predicted molar refractivity (Wildman–Crippen MR) is 72.0 cm³/mol. The minimum atomic E-state index is -0.287. The fraction of sp³-hybridized carbons (Fsp3) is 0.533. The summed E-state index contributed by atoms with van der Waals surface area (Å²) in [5.74, 6) is 1.58. The number of carbonyl (C=O) groups is 1. The van der Waals surface area contributed by atoms with Gasteiger partial charge in [-0.2, -0.15) is 0 Å². The first kappa shape index (κ1) is 12.5. The van der Waals surface area contributed by atoms with Crippen LogP contribution in [0.3, 0.4) is 0 Å². The molecule has 0 aromatic heterocycles. The Labute approximate surface area is 113 Å². The highest BCUT2D eigenvalue weighted by Crippen LogP contribution is 2.40. The number of fused-ring (bicyclic) bond motifs is 1. The van der Waals surface area contributed by atoms with E-state index in [1.54, 1.807) is 13.2 Å². The van der Waals surface area contributed by atoms with Gasteiger partial charge in [-0.1, -0.05) is 0 Å². The van der Waals surface area contributed by atoms with E-state index in [0.29, 0.717) is 23.5 Å². The van der Waals surface area contributed by atoms with E-state index in [0.717, 1.165) is 25.9 Å². The number of hydrogen-bond donors (Lipinski definition) is 0. The third-order valence-corrected chi connectivity index (χ3v) is 4.19. The summed E-state index contributed by atoms with van der Waals surface area (Å²) in [6, 6.07) is 5.48. The number of methoxy groups -OCH3 is 1. The maximum absolute atomic E-state index is 12.4. The van der Waals surface area contributed by atoms with Gasteiger partial charge in [0.1, 0.15) is 17.1 Å². The second-order valence-corrected chi connectivity index (χ2v) is 5.55. The third kappa shape index (κ3) is 2.21. The number of piperidine rings is 1. The Morgan fingerprint density at radius 1 is 1.32 bits per heavy atom. The van der Waals surface area contributed by atoms with Gasteiger partial charge < -0.3 is 14.4 Å². The van der Waals surface area contributed by atoms with Gasteiger partial charge in [0.25, 0.3) is 0 Å². The van der Waals surface area contributed by atoms with E-state index in [-0.39, 0.29) is 11.4 Å². The summed E-state index contributed by atoms with van der Waals surface area (Å²) >= 11 is 0. The molecule has 0 radical (unpaired) electrons. The lowest BCUT2D eigenvalue weighted by molar-refractivity contribution is -0.00373. The average Bonchev–Trinajstić information content (AvgIpc) is 2.42. The molecule has 0 amide bonds. The van der Waals surface area contributed by atoms with E-state index in [4.69, 9.17) is 9.47 Å². The molecular formula is C15H19NO3. The fourth-order valence-electron chi connectivity index (χ4n) is 2.91. The molecule has 0 unspecified atom stereocenters. The first-order chi connectivity index (χ1) is 9.12. The third-order valence-electron chi connectivity index (χ3n) is 4.19. The Hall–Kier alpha value is -1.55. The van der Waals surface area contributed by atoms with Crippen LogP contribution in [-0.2, 0) is 0 Å². The van der Waals surface area contributed by atoms with Gasteiger partial charge in [-0.25, -0.2) is 0 Å². The van der Waals surface area contributed by atoms with Crippen molar-refractivity contribution in [1.29, 1.82) is 0 Å². The van der Waals surface area contributed by atoms with Gasteiger partial charge in [-0.3, -0.25) is 4.79 Å². The highest BCUT2D eigenvalue weighted by Gasteiger charge is 2.42. The maximum atomic E-state index is 12.4. The van der Waals surface area contributed by atoms with Crippen molar-refractivity contribution in [2.24, 2.45) is 0 Å². The first-order valence-electron chi connectivity index (χ1n) is 6.71. The van der Waals surface area contributed by atoms with E-state index in [9.17, 15) is 4.79 Å². The van der Waals surface area contributed by atoms with E-state index < -0.39 is 0 Å². The number of ketones is 1. The Morgan fingerprint density at radius 2 is 2.05 bits per heavy atom. The number of nitrogens with zero attached hydrogens (tertiary/aromatic N) is 1. The van der Waals surface area contributed by atoms with Crippen LogP contribution in [0.15, 0.2) is 18.2 Å². The molecule has 2 heterocycles. The average molecular weight is 261 g/mol. The predicted octanol–water partition coefficient (Wildman–Crippen LogP) is 2.12. The minimum Gasteiger partial charge on any atom is -0.497 e. The molecule has 4 heteroatoms. The van der Waals surface area contributed by atoms with Crippen LogP contribution >= 0.6 is 0 Å². The molecule has 3 rings (SSSR count). The largest absolute Gasteiger partial charge is 0.497 e. The molecule has 2 aliphatic heterocycles. The van der Waals surface area contributed by atoms with Gasteiger partial charge in [0.15, 0.2) is 5.78 Å². The quantitative estimate of drug-likeness (QED) is 0.776. The molecule has 0 atom stereocenters. The van der Waals surface area contributed by atoms with Gasteiger partial charge in [0.2, 0.25) is 0 Å². The second kappa shape index (κ2) is 4.53. The molecule has 0 aliphatic carbocycles. The smallest absolute Gasteiger partial charge is 0.170 e. The summed E-state index contributed by atoms with van der Waals surface area (Å²) in [4.78, 5) is 14.6. The van der Waals surface area contributed by atoms with Gasteiger partial charge >= 0.3 is 0 Å². The minimum absolute atomic E-state index is 0.171. The van der Waals surface area contributed by atoms with Crippen LogP contribution in [-0.4, -0.2) is 43.5 Å². The topological polar surface area (TPSA) is 38.8 Å². The summed E-state index contributed by atoms with van der Waals surface area (Å²) in [7, 11) is 3.71. The standard InChI is InChI=1S/C15H19NO3/c1-16-7-5-15(6-8-16)10-13(17)12-9-11(18-2)3-4-14(12)19-15/h3-4,9H,5-8,10H2,1-2H3. The van der Waals surface area contributed by atoms with Crippen molar-refractivity contribution in [2.45, 2.75) is 24.9 Å². The van der Waals surface area contributed by atoms with Crippen LogP contribution in [0.5, 0.6) is 11.5 Å². The summed E-state index contributed by atoms with van der Waals surface area (Å²) in [5, 5.41) is 0. The zero-order valence-electron chi connectivity index (χ0n) is 11.4. The van der Waals surface area contributed by atoms with Crippen LogP contribution in [0, 0.1) is 0 Å². The second-order valence-electron chi connectivity index (χ2n) is 5.55. The molecule has 1 aromatic carbocycles. The van der Waals surface area contributed by atoms with Crippen molar-refractivity contribution in [1.82, 2.24) is 4.90 Å². The van der Waals surface area contributed by atoms with E-state index in [1.165, 1.54) is 0 Å². The Bertz CT molecular complexity index is 504. The number of carbonyl (C=O) groups excluding carboxylic acids is 1. The summed E-state index contributed by atoms with van der Waals surface area (Å²) in [6.07, 6.45) is 2.32. The zero-order valence-corrected chi connectivity index (χ0v) is 11.4. The fourth-order valence-corrected chi connectivity index (χ4v) is 2.91. The highest BCUT2D eigenvalue weighted by molar-refractivity contribution is 6.00. The van der Waals surface area contributed by atoms with Gasteiger partial charge in [-0.15, -0.1) is 0 Å². The number of benzene rings is 1. The number of hydrogen-bond acceptors (Lipinski definition) is 4. The lowest BCUT2D eigenvalue weighted by atomic mass is 9.82. The summed E-state index contributed by atoms with van der Waals surface area (Å²) in [6.45, 7) is 1.97. The van der Waals surface area contributed by atoms with Crippen molar-refractivity contribution in [3.8, 4) is 11.5 Å². The number of rotatable bonds is 1. The molecule has 2 aliphatic rings. The van der Waals surface area contributed by atoms with Gasteiger partial charge in [0.05, 0.1) is 19.1 Å². The van der Waals surface area contributed by atoms with Crippen molar-refractivity contribution < 1.29 is 14.3 Å². The lowest BCUT2D eigenvalue weighted by Gasteiger charge is -2.43. The molecule has 4 nitrogen and oxygen atoms in total. The Kier molecular flexibility index (Phi) is 2.97. The molecular weight excluding hydrogens is 242 g/mol. The lowest BCUT2D eigenvalue weighted by Crippen LogP contribution is -2.50. The van der Waals surface area contributed by atoms with Crippen LogP contribution < -0.4 is 9.47 Å². The van der Waals surface area contributed by atoms with Crippen LogP contribution in [0.25, 0.3) is 0 Å². The van der Waals surface area contributed by atoms with Crippen molar-refractivity contribution in [3.05, 3.63) is 23.8 Å². The number of Topliss-reactive ketones (excluding diaryl/α,β-unsaturated/α-hetero) is 1. The van der Waals surface area contributed by atoms with Crippen LogP contribution in [0.2, 0.25) is 0 Å². The van der Waals surface area contributed by atoms with Crippen molar-refractivity contribution >= 4 is 5.78 Å². The first-order valence-corrected chi connectivity index (χ1v) is 6.71. The molecule has 1 fully saturated rings. The molecule has 0 bridgehead atoms. The normalized spacial score (nSPS) is 21.9. The molecule has 1 saturated heterocycles. The zero-order chi connectivity index (χ0) is 13.5.